The standard InChI is InChI=1S/C15H17N3O2/c16-13(11-4-2-1-3-5-11)7-9-18-15(20)12-6-8-17-10-14(12)19/h1-6,8,10,13,19H,7,9,16H2,(H,18,20). The second kappa shape index (κ2) is 6.68. The minimum atomic E-state index is -0.329. The lowest BCUT2D eigenvalue weighted by Gasteiger charge is -2.12. The molecule has 1 aromatic heterocycles. The van der Waals surface area contributed by atoms with Crippen LogP contribution in [0.25, 0.3) is 0 Å². The van der Waals surface area contributed by atoms with E-state index in [-0.39, 0.29) is 23.3 Å². The fraction of sp³-hybridized carbons (Fsp3) is 0.200. The maximum atomic E-state index is 11.8. The molecule has 0 aliphatic rings. The Morgan fingerprint density at radius 1 is 1.30 bits per heavy atom. The quantitative estimate of drug-likeness (QED) is 0.770. The molecule has 0 bridgehead atoms. The lowest BCUT2D eigenvalue weighted by Crippen LogP contribution is -2.27. The Kier molecular flexibility index (Phi) is 4.68. The first kappa shape index (κ1) is 14.0. The number of nitrogens with zero attached hydrogens (tertiary/aromatic N) is 1. The summed E-state index contributed by atoms with van der Waals surface area (Å²) in [4.78, 5) is 15.6. The Bertz CT molecular complexity index is 572. The highest BCUT2D eigenvalue weighted by molar-refractivity contribution is 5.96. The maximum Gasteiger partial charge on any atom is 0.255 e. The molecule has 5 heteroatoms. The number of rotatable bonds is 5. The van der Waals surface area contributed by atoms with Gasteiger partial charge in [-0.2, -0.15) is 0 Å². The number of carbonyl (C=O) groups excluding carboxylic acids is 1. The van der Waals surface area contributed by atoms with Crippen molar-refractivity contribution in [3.63, 3.8) is 0 Å². The fourth-order valence-corrected chi connectivity index (χ4v) is 1.88. The van der Waals surface area contributed by atoms with E-state index in [4.69, 9.17) is 5.73 Å². The van der Waals surface area contributed by atoms with Gasteiger partial charge in [0.2, 0.25) is 0 Å². The Hall–Kier alpha value is -2.40. The first-order valence-corrected chi connectivity index (χ1v) is 6.40. The van der Waals surface area contributed by atoms with Gasteiger partial charge in [-0.05, 0) is 18.1 Å². The second-order valence-corrected chi connectivity index (χ2v) is 4.45. The smallest absolute Gasteiger partial charge is 0.255 e. The highest BCUT2D eigenvalue weighted by Gasteiger charge is 2.11. The molecule has 1 unspecified atom stereocenters. The van der Waals surface area contributed by atoms with Gasteiger partial charge in [-0.25, -0.2) is 0 Å². The van der Waals surface area contributed by atoms with Crippen molar-refractivity contribution < 1.29 is 9.90 Å². The zero-order valence-corrected chi connectivity index (χ0v) is 11.0. The molecule has 5 nitrogen and oxygen atoms in total. The molecule has 0 spiro atoms. The Morgan fingerprint density at radius 3 is 2.75 bits per heavy atom. The molecule has 0 saturated carbocycles. The molecule has 1 amide bonds. The molecule has 1 heterocycles. The highest BCUT2D eigenvalue weighted by Crippen LogP contribution is 2.14. The number of nitrogens with two attached hydrogens (primary N) is 1. The van der Waals surface area contributed by atoms with E-state index in [0.717, 1.165) is 5.56 Å². The van der Waals surface area contributed by atoms with E-state index in [9.17, 15) is 9.90 Å². The number of aromatic nitrogens is 1. The number of hydrogen-bond acceptors (Lipinski definition) is 4. The van der Waals surface area contributed by atoms with Crippen molar-refractivity contribution in [3.05, 3.63) is 59.9 Å². The topological polar surface area (TPSA) is 88.2 Å². The van der Waals surface area contributed by atoms with Gasteiger partial charge in [0.1, 0.15) is 5.75 Å². The zero-order valence-electron chi connectivity index (χ0n) is 11.0. The van der Waals surface area contributed by atoms with Crippen LogP contribution in [0.5, 0.6) is 5.75 Å². The summed E-state index contributed by atoms with van der Waals surface area (Å²) in [6.07, 6.45) is 3.33. The molecule has 0 aliphatic heterocycles. The second-order valence-electron chi connectivity index (χ2n) is 4.45. The number of hydrogen-bond donors (Lipinski definition) is 3. The van der Waals surface area contributed by atoms with Crippen LogP contribution in [0.4, 0.5) is 0 Å². The van der Waals surface area contributed by atoms with Crippen LogP contribution in [0, 0.1) is 0 Å². The predicted molar refractivity (Wildman–Crippen MR) is 76.2 cm³/mol. The third-order valence-electron chi connectivity index (χ3n) is 3.01. The van der Waals surface area contributed by atoms with E-state index in [2.05, 4.69) is 10.3 Å². The average molecular weight is 271 g/mol. The predicted octanol–water partition coefficient (Wildman–Crippen LogP) is 1.61. The largest absolute Gasteiger partial charge is 0.505 e. The van der Waals surface area contributed by atoms with Gasteiger partial charge >= 0.3 is 0 Å². The van der Waals surface area contributed by atoms with Crippen LogP contribution in [0.2, 0.25) is 0 Å². The summed E-state index contributed by atoms with van der Waals surface area (Å²) in [6.45, 7) is 0.441. The molecular formula is C15H17N3O2. The van der Waals surface area contributed by atoms with Crippen molar-refractivity contribution in [2.24, 2.45) is 5.73 Å². The van der Waals surface area contributed by atoms with Crippen LogP contribution in [-0.4, -0.2) is 22.5 Å². The molecule has 1 atom stereocenters. The van der Waals surface area contributed by atoms with Crippen molar-refractivity contribution >= 4 is 5.91 Å². The minimum Gasteiger partial charge on any atom is -0.505 e. The van der Waals surface area contributed by atoms with E-state index in [1.807, 2.05) is 30.3 Å². The van der Waals surface area contributed by atoms with E-state index >= 15 is 0 Å². The lowest BCUT2D eigenvalue weighted by atomic mass is 10.1. The van der Waals surface area contributed by atoms with Crippen molar-refractivity contribution in [1.29, 1.82) is 0 Å². The highest BCUT2D eigenvalue weighted by atomic mass is 16.3. The van der Waals surface area contributed by atoms with Crippen molar-refractivity contribution in [1.82, 2.24) is 10.3 Å². The number of carbonyl (C=O) groups is 1. The van der Waals surface area contributed by atoms with Gasteiger partial charge in [-0.3, -0.25) is 9.78 Å². The maximum absolute atomic E-state index is 11.8. The molecule has 4 N–H and O–H groups in total. The first-order chi connectivity index (χ1) is 9.68. The molecule has 0 saturated heterocycles. The first-order valence-electron chi connectivity index (χ1n) is 6.40. The van der Waals surface area contributed by atoms with Gasteiger partial charge in [0.15, 0.2) is 0 Å². The summed E-state index contributed by atoms with van der Waals surface area (Å²) in [5.74, 6) is -0.456. The number of aromatic hydroxyl groups is 1. The van der Waals surface area contributed by atoms with Crippen molar-refractivity contribution in [3.8, 4) is 5.75 Å². The number of amides is 1. The Labute approximate surface area is 117 Å². The van der Waals surface area contributed by atoms with Crippen molar-refractivity contribution in [2.45, 2.75) is 12.5 Å². The van der Waals surface area contributed by atoms with E-state index in [1.54, 1.807) is 0 Å². The fourth-order valence-electron chi connectivity index (χ4n) is 1.88. The SMILES string of the molecule is NC(CCNC(=O)c1ccncc1O)c1ccccc1. The number of pyridine rings is 1. The summed E-state index contributed by atoms with van der Waals surface area (Å²) in [6, 6.07) is 11.1. The van der Waals surface area contributed by atoms with Gasteiger partial charge in [-0.1, -0.05) is 30.3 Å². The third-order valence-corrected chi connectivity index (χ3v) is 3.01. The minimum absolute atomic E-state index is 0.123. The molecule has 104 valence electrons. The molecule has 0 fully saturated rings. The number of nitrogens with one attached hydrogen (secondary N) is 1. The van der Waals surface area contributed by atoms with Crippen LogP contribution in [0.1, 0.15) is 28.4 Å². The normalized spacial score (nSPS) is 11.8. The van der Waals surface area contributed by atoms with E-state index < -0.39 is 0 Å². The molecule has 0 radical (unpaired) electrons. The Morgan fingerprint density at radius 2 is 2.05 bits per heavy atom. The molecule has 2 aromatic rings. The Balaban J connectivity index is 1.84. The van der Waals surface area contributed by atoms with Gasteiger partial charge in [-0.15, -0.1) is 0 Å². The summed E-state index contributed by atoms with van der Waals surface area (Å²) in [5, 5.41) is 12.3. The summed E-state index contributed by atoms with van der Waals surface area (Å²) in [7, 11) is 0. The molecular weight excluding hydrogens is 254 g/mol. The van der Waals surface area contributed by atoms with E-state index in [1.165, 1.54) is 18.5 Å². The number of benzene rings is 1. The van der Waals surface area contributed by atoms with Gasteiger partial charge in [0, 0.05) is 18.8 Å². The van der Waals surface area contributed by atoms with Gasteiger partial charge in [0.25, 0.3) is 5.91 Å². The van der Waals surface area contributed by atoms with Crippen LogP contribution >= 0.6 is 0 Å². The zero-order chi connectivity index (χ0) is 14.4. The van der Waals surface area contributed by atoms with Crippen molar-refractivity contribution in [2.75, 3.05) is 6.54 Å². The van der Waals surface area contributed by atoms with Crippen LogP contribution in [0.3, 0.4) is 0 Å². The van der Waals surface area contributed by atoms with E-state index in [0.29, 0.717) is 13.0 Å². The molecule has 0 aliphatic carbocycles. The van der Waals surface area contributed by atoms with Crippen LogP contribution < -0.4 is 11.1 Å². The van der Waals surface area contributed by atoms with Crippen LogP contribution in [-0.2, 0) is 0 Å². The molecule has 20 heavy (non-hydrogen) atoms. The molecule has 1 aromatic carbocycles. The van der Waals surface area contributed by atoms with Gasteiger partial charge < -0.3 is 16.2 Å². The lowest BCUT2D eigenvalue weighted by molar-refractivity contribution is 0.0949. The monoisotopic (exact) mass is 271 g/mol. The van der Waals surface area contributed by atoms with Crippen LogP contribution in [0.15, 0.2) is 48.8 Å². The summed E-state index contributed by atoms with van der Waals surface area (Å²) >= 11 is 0. The summed E-state index contributed by atoms with van der Waals surface area (Å²) < 4.78 is 0. The third kappa shape index (κ3) is 3.55. The van der Waals surface area contributed by atoms with Gasteiger partial charge in [0.05, 0.1) is 11.8 Å². The molecule has 2 rings (SSSR count). The average Bonchev–Trinajstić information content (AvgIpc) is 2.48. The summed E-state index contributed by atoms with van der Waals surface area (Å²) in [5.41, 5.74) is 7.29.